The third-order valence-electron chi connectivity index (χ3n) is 11.6. The lowest BCUT2D eigenvalue weighted by molar-refractivity contribution is -0.341. The molecule has 3 aliphatic heterocycles. The number of amides is 1. The van der Waals surface area contributed by atoms with E-state index < -0.39 is 114 Å². The first kappa shape index (κ1) is 44.6. The van der Waals surface area contributed by atoms with Crippen LogP contribution in [-0.4, -0.2) is 140 Å². The third kappa shape index (κ3) is 9.08. The number of ether oxygens (including phenoxy) is 3. The summed E-state index contributed by atoms with van der Waals surface area (Å²) in [4.78, 5) is 15.2. The molecule has 61 heavy (non-hydrogen) atoms. The van der Waals surface area contributed by atoms with Gasteiger partial charge in [0.25, 0.3) is 0 Å². The molecule has 1 amide bonds. The van der Waals surface area contributed by atoms with Gasteiger partial charge in [-0.25, -0.2) is 12.8 Å². The standard InChI is InChI=1S/C43H48FNO15S/c44-25-12-9-22(10-13-25)30(49)16-15-29-35(45(42(29)55)26-6-2-1-3-7-26)28-14-11-24(23-5-4-8-27(48)17-23)18-34(28)61(56,57)21-33-37(51)39(53)41(32(20-47)58-33)60-43-40(54)38(52)36(50)31(19-46)59-43/h1-14,17-18,29-33,35-41,43,46-54H,15-16,19-21H2/t29-,30+,31?,32?,33+,35-,36-,37?,38+,39-,40?,41-,43+/m1/s1. The van der Waals surface area contributed by atoms with Crippen LogP contribution >= 0.6 is 0 Å². The van der Waals surface area contributed by atoms with E-state index in [1.807, 2.05) is 0 Å². The molecule has 3 saturated heterocycles. The minimum atomic E-state index is -4.60. The molecule has 0 aliphatic carbocycles. The second kappa shape index (κ2) is 18.5. The highest BCUT2D eigenvalue weighted by Crippen LogP contribution is 2.49. The van der Waals surface area contributed by atoms with E-state index in [2.05, 4.69) is 0 Å². The van der Waals surface area contributed by atoms with E-state index >= 15 is 0 Å². The van der Waals surface area contributed by atoms with E-state index in [0.29, 0.717) is 22.4 Å². The monoisotopic (exact) mass is 869 g/mol. The third-order valence-corrected chi connectivity index (χ3v) is 13.4. The number of phenolic OH excluding ortho intramolecular Hbond substituents is 1. The van der Waals surface area contributed by atoms with Crippen LogP contribution in [0.25, 0.3) is 11.1 Å². The van der Waals surface area contributed by atoms with Gasteiger partial charge in [0, 0.05) is 5.69 Å². The van der Waals surface area contributed by atoms with Gasteiger partial charge in [0.2, 0.25) is 5.91 Å². The van der Waals surface area contributed by atoms with Crippen LogP contribution in [0.2, 0.25) is 0 Å². The lowest BCUT2D eigenvalue weighted by Gasteiger charge is -2.48. The van der Waals surface area contributed by atoms with E-state index in [1.165, 1.54) is 47.4 Å². The van der Waals surface area contributed by atoms with Crippen LogP contribution in [0, 0.1) is 11.7 Å². The Morgan fingerprint density at radius 3 is 2.08 bits per heavy atom. The number of aliphatic hydroxyl groups is 8. The summed E-state index contributed by atoms with van der Waals surface area (Å²) in [6.45, 7) is -1.67. The smallest absolute Gasteiger partial charge is 0.233 e. The number of phenols is 1. The molecule has 3 heterocycles. The largest absolute Gasteiger partial charge is 0.508 e. The van der Waals surface area contributed by atoms with Crippen molar-refractivity contribution >= 4 is 21.4 Å². The number of β-lactam (4-membered cyclic amide) rings is 1. The Bertz CT molecular complexity index is 2250. The number of halogens is 1. The molecule has 7 rings (SSSR count). The van der Waals surface area contributed by atoms with Gasteiger partial charge in [-0.15, -0.1) is 0 Å². The average Bonchev–Trinajstić information content (AvgIpc) is 3.25. The molecule has 0 saturated carbocycles. The van der Waals surface area contributed by atoms with Crippen LogP contribution in [0.5, 0.6) is 5.75 Å². The molecule has 4 aromatic carbocycles. The lowest BCUT2D eigenvalue weighted by Crippen LogP contribution is -2.65. The Labute approximate surface area is 350 Å². The van der Waals surface area contributed by atoms with E-state index in [9.17, 15) is 63.6 Å². The fourth-order valence-electron chi connectivity index (χ4n) is 8.27. The molecule has 4 unspecified atom stereocenters. The van der Waals surface area contributed by atoms with Crippen molar-refractivity contribution in [3.05, 3.63) is 114 Å². The minimum Gasteiger partial charge on any atom is -0.508 e. The highest BCUT2D eigenvalue weighted by Gasteiger charge is 2.53. The summed E-state index contributed by atoms with van der Waals surface area (Å²) < 4.78 is 60.2. The van der Waals surface area contributed by atoms with E-state index in [1.54, 1.807) is 54.6 Å². The van der Waals surface area contributed by atoms with Crippen molar-refractivity contribution in [2.24, 2.45) is 5.92 Å². The molecular weight excluding hydrogens is 822 g/mol. The second-order valence-corrected chi connectivity index (χ2v) is 17.5. The number of sulfone groups is 1. The maximum Gasteiger partial charge on any atom is 0.233 e. The van der Waals surface area contributed by atoms with E-state index in [0.717, 1.165) is 0 Å². The molecule has 0 aromatic heterocycles. The fourth-order valence-corrected chi connectivity index (χ4v) is 10.0. The lowest BCUT2D eigenvalue weighted by atomic mass is 9.78. The highest BCUT2D eigenvalue weighted by molar-refractivity contribution is 7.91. The van der Waals surface area contributed by atoms with Crippen molar-refractivity contribution in [2.75, 3.05) is 23.9 Å². The maximum atomic E-state index is 14.8. The Kier molecular flexibility index (Phi) is 13.5. The number of anilines is 1. The van der Waals surface area contributed by atoms with E-state index in [-0.39, 0.29) is 35.0 Å². The number of para-hydroxylation sites is 1. The first-order valence-electron chi connectivity index (χ1n) is 19.7. The zero-order chi connectivity index (χ0) is 43.7. The zero-order valence-electron chi connectivity index (χ0n) is 32.5. The van der Waals surface area contributed by atoms with Gasteiger partial charge in [-0.2, -0.15) is 0 Å². The van der Waals surface area contributed by atoms with Gasteiger partial charge in [-0.05, 0) is 77.6 Å². The predicted octanol–water partition coefficient (Wildman–Crippen LogP) is 0.856. The Balaban J connectivity index is 1.22. The van der Waals surface area contributed by atoms with Crippen molar-refractivity contribution in [1.82, 2.24) is 0 Å². The number of hydrogen-bond donors (Lipinski definition) is 9. The average molecular weight is 870 g/mol. The zero-order valence-corrected chi connectivity index (χ0v) is 33.3. The molecule has 4 aromatic rings. The van der Waals surface area contributed by atoms with Crippen LogP contribution in [0.1, 0.15) is 36.1 Å². The van der Waals surface area contributed by atoms with Gasteiger partial charge in [0.1, 0.15) is 66.5 Å². The van der Waals surface area contributed by atoms with Gasteiger partial charge >= 0.3 is 0 Å². The Hall–Kier alpha value is -4.41. The molecular formula is C43H48FNO15S. The molecule has 328 valence electrons. The van der Waals surface area contributed by atoms with Gasteiger partial charge in [-0.1, -0.05) is 54.6 Å². The number of nitrogens with zero attached hydrogens (tertiary/aromatic N) is 1. The molecule has 9 N–H and O–H groups in total. The highest BCUT2D eigenvalue weighted by atomic mass is 32.2. The molecule has 3 fully saturated rings. The SMILES string of the molecule is O=C1[C@H](CC[C@H](O)c2ccc(F)cc2)[C@@H](c2ccc(-c3cccc(O)c3)cc2S(=O)(=O)C[C@@H]2OC(CO)[C@@H](O[C@@H]3OC(CO)[C@@H](O)[C@H](O)C3O)[C@H](O)C2O)N1c1ccccc1. The molecule has 0 spiro atoms. The summed E-state index contributed by atoms with van der Waals surface area (Å²) in [5.74, 6) is -2.72. The molecule has 18 heteroatoms. The molecule has 13 atom stereocenters. The number of rotatable bonds is 14. The quantitative estimate of drug-likeness (QED) is 0.0796. The van der Waals surface area contributed by atoms with Gasteiger partial charge < -0.3 is 65.1 Å². The van der Waals surface area contributed by atoms with Crippen molar-refractivity contribution in [1.29, 1.82) is 0 Å². The number of hydrogen-bond acceptors (Lipinski definition) is 15. The van der Waals surface area contributed by atoms with Crippen LogP contribution in [0.4, 0.5) is 10.1 Å². The summed E-state index contributed by atoms with van der Waals surface area (Å²) in [5, 5.41) is 94.8. The number of carbonyl (C=O) groups excluding carboxylic acids is 1. The number of benzene rings is 4. The van der Waals surface area contributed by atoms with Crippen LogP contribution < -0.4 is 4.90 Å². The maximum absolute atomic E-state index is 14.8. The predicted molar refractivity (Wildman–Crippen MR) is 213 cm³/mol. The Morgan fingerprint density at radius 2 is 1.41 bits per heavy atom. The molecule has 0 radical (unpaired) electrons. The molecule has 3 aliphatic rings. The summed E-state index contributed by atoms with van der Waals surface area (Å²) in [6.07, 6.45) is -18.4. The summed E-state index contributed by atoms with van der Waals surface area (Å²) >= 11 is 0. The summed E-state index contributed by atoms with van der Waals surface area (Å²) in [5.41, 5.74) is 1.90. The van der Waals surface area contributed by atoms with Crippen LogP contribution in [0.3, 0.4) is 0 Å². The van der Waals surface area contributed by atoms with Crippen molar-refractivity contribution in [3.63, 3.8) is 0 Å². The van der Waals surface area contributed by atoms with Gasteiger partial charge in [0.05, 0.1) is 41.9 Å². The van der Waals surface area contributed by atoms with Crippen molar-refractivity contribution < 1.29 is 77.8 Å². The number of aromatic hydroxyl groups is 1. The fraction of sp³-hybridized carbons (Fsp3) is 0.419. The first-order valence-corrected chi connectivity index (χ1v) is 21.3. The topological polar surface area (TPSA) is 264 Å². The normalized spacial score (nSPS) is 31.1. The number of carbonyl (C=O) groups is 1. The van der Waals surface area contributed by atoms with Crippen LogP contribution in [0.15, 0.2) is 102 Å². The second-order valence-electron chi connectivity index (χ2n) is 15.5. The van der Waals surface area contributed by atoms with E-state index in [4.69, 9.17) is 14.2 Å². The summed E-state index contributed by atoms with van der Waals surface area (Å²) in [7, 11) is -4.60. The Morgan fingerprint density at radius 1 is 0.738 bits per heavy atom. The molecule has 16 nitrogen and oxygen atoms in total. The number of aliphatic hydroxyl groups excluding tert-OH is 8. The van der Waals surface area contributed by atoms with Crippen molar-refractivity contribution in [2.45, 2.75) is 91.1 Å². The summed E-state index contributed by atoms with van der Waals surface area (Å²) in [6, 6.07) is 23.6. The molecule has 0 bridgehead atoms. The van der Waals surface area contributed by atoms with Gasteiger partial charge in [0.15, 0.2) is 16.1 Å². The minimum absolute atomic E-state index is 0.0690. The van der Waals surface area contributed by atoms with Crippen molar-refractivity contribution in [3.8, 4) is 16.9 Å². The van der Waals surface area contributed by atoms with Gasteiger partial charge in [-0.3, -0.25) is 4.79 Å². The van der Waals surface area contributed by atoms with Crippen LogP contribution in [-0.2, 0) is 28.8 Å². The first-order chi connectivity index (χ1) is 29.1.